The molecular formula is C18H30N2. The molecule has 1 aromatic carbocycles. The Labute approximate surface area is 124 Å². The molecule has 1 aliphatic rings. The summed E-state index contributed by atoms with van der Waals surface area (Å²) in [4.78, 5) is 2.61. The zero-order chi connectivity index (χ0) is 15.1. The quantitative estimate of drug-likeness (QED) is 0.888. The summed E-state index contributed by atoms with van der Waals surface area (Å²) in [6.45, 7) is 14.9. The topological polar surface area (TPSA) is 15.3 Å². The summed E-state index contributed by atoms with van der Waals surface area (Å²) in [7, 11) is 2.02. The summed E-state index contributed by atoms with van der Waals surface area (Å²) in [6.07, 6.45) is 1.22. The molecule has 1 N–H and O–H groups in total. The average Bonchev–Trinajstić information content (AvgIpc) is 2.29. The molecule has 20 heavy (non-hydrogen) atoms. The van der Waals surface area contributed by atoms with Crippen LogP contribution < -0.4 is 10.2 Å². The van der Waals surface area contributed by atoms with Crippen molar-refractivity contribution in [3.8, 4) is 0 Å². The van der Waals surface area contributed by atoms with Crippen LogP contribution in [0.2, 0.25) is 0 Å². The van der Waals surface area contributed by atoms with Gasteiger partial charge in [0.05, 0.1) is 0 Å². The van der Waals surface area contributed by atoms with Gasteiger partial charge in [0.15, 0.2) is 0 Å². The van der Waals surface area contributed by atoms with E-state index in [-0.39, 0.29) is 5.54 Å². The maximum atomic E-state index is 3.28. The predicted octanol–water partition coefficient (Wildman–Crippen LogP) is 4.22. The fraction of sp³-hybridized carbons (Fsp3) is 0.667. The number of fused-ring (bicyclic) bond motifs is 1. The third-order valence-corrected chi connectivity index (χ3v) is 4.62. The fourth-order valence-electron chi connectivity index (χ4n) is 4.00. The van der Waals surface area contributed by atoms with Crippen molar-refractivity contribution in [2.75, 3.05) is 11.9 Å². The molecule has 2 nitrogen and oxygen atoms in total. The van der Waals surface area contributed by atoms with Gasteiger partial charge in [0, 0.05) is 23.8 Å². The average molecular weight is 274 g/mol. The molecule has 112 valence electrons. The zero-order valence-corrected chi connectivity index (χ0v) is 14.2. The van der Waals surface area contributed by atoms with E-state index in [4.69, 9.17) is 0 Å². The molecule has 1 aromatic rings. The van der Waals surface area contributed by atoms with E-state index < -0.39 is 0 Å². The van der Waals surface area contributed by atoms with Crippen molar-refractivity contribution in [1.82, 2.24) is 5.32 Å². The van der Waals surface area contributed by atoms with E-state index in [2.05, 4.69) is 63.9 Å². The van der Waals surface area contributed by atoms with Crippen molar-refractivity contribution in [1.29, 1.82) is 0 Å². The highest BCUT2D eigenvalue weighted by Gasteiger charge is 2.37. The molecule has 2 rings (SSSR count). The largest absolute Gasteiger partial charge is 0.364 e. The van der Waals surface area contributed by atoms with E-state index in [1.807, 2.05) is 7.05 Å². The van der Waals surface area contributed by atoms with Crippen molar-refractivity contribution in [3.05, 3.63) is 28.8 Å². The van der Waals surface area contributed by atoms with Gasteiger partial charge < -0.3 is 10.2 Å². The zero-order valence-electron chi connectivity index (χ0n) is 14.2. The molecule has 0 aromatic heterocycles. The predicted molar refractivity (Wildman–Crippen MR) is 88.7 cm³/mol. The van der Waals surface area contributed by atoms with E-state index in [1.165, 1.54) is 28.8 Å². The monoisotopic (exact) mass is 274 g/mol. The number of hydrogen-bond acceptors (Lipinski definition) is 2. The molecule has 0 saturated heterocycles. The standard InChI is InChI=1S/C18H30N2/c1-12(2)20-17-8-13(3)15(11-19-7)9-16(17)14(4)10-18(20,5)6/h8-9,12,14,19H,10-11H2,1-7H3. The molecule has 0 spiro atoms. The number of benzene rings is 1. The van der Waals surface area contributed by atoms with Gasteiger partial charge in [-0.1, -0.05) is 13.0 Å². The molecule has 1 aliphatic heterocycles. The first-order valence-corrected chi connectivity index (χ1v) is 7.85. The van der Waals surface area contributed by atoms with Crippen molar-refractivity contribution >= 4 is 5.69 Å². The highest BCUT2D eigenvalue weighted by molar-refractivity contribution is 5.63. The van der Waals surface area contributed by atoms with Gasteiger partial charge >= 0.3 is 0 Å². The number of hydrogen-bond donors (Lipinski definition) is 1. The lowest BCUT2D eigenvalue weighted by Crippen LogP contribution is -2.51. The Balaban J connectivity index is 2.57. The second-order valence-electron chi connectivity index (χ2n) is 7.25. The highest BCUT2D eigenvalue weighted by Crippen LogP contribution is 2.45. The van der Waals surface area contributed by atoms with Gasteiger partial charge in [-0.2, -0.15) is 0 Å². The minimum absolute atomic E-state index is 0.234. The summed E-state index contributed by atoms with van der Waals surface area (Å²) in [5, 5.41) is 3.28. The second-order valence-corrected chi connectivity index (χ2v) is 7.25. The van der Waals surface area contributed by atoms with Crippen LogP contribution in [0.25, 0.3) is 0 Å². The van der Waals surface area contributed by atoms with E-state index >= 15 is 0 Å². The lowest BCUT2D eigenvalue weighted by Gasteiger charge is -2.50. The summed E-state index contributed by atoms with van der Waals surface area (Å²) in [5.41, 5.74) is 6.03. The Morgan fingerprint density at radius 1 is 1.35 bits per heavy atom. The maximum absolute atomic E-state index is 3.28. The van der Waals surface area contributed by atoms with Gasteiger partial charge in [-0.15, -0.1) is 0 Å². The first kappa shape index (κ1) is 15.4. The van der Waals surface area contributed by atoms with Gasteiger partial charge in [-0.3, -0.25) is 0 Å². The van der Waals surface area contributed by atoms with Gasteiger partial charge in [-0.25, -0.2) is 0 Å². The van der Waals surface area contributed by atoms with Gasteiger partial charge in [0.2, 0.25) is 0 Å². The van der Waals surface area contributed by atoms with Gasteiger partial charge in [-0.05, 0) is 76.8 Å². The molecule has 0 aliphatic carbocycles. The molecule has 0 saturated carbocycles. The van der Waals surface area contributed by atoms with Crippen LogP contribution in [0.15, 0.2) is 12.1 Å². The SMILES string of the molecule is CNCc1cc2c(cc1C)N(C(C)C)C(C)(C)CC2C. The summed E-state index contributed by atoms with van der Waals surface area (Å²) < 4.78 is 0. The van der Waals surface area contributed by atoms with Crippen molar-refractivity contribution < 1.29 is 0 Å². The molecule has 2 heteroatoms. The van der Waals surface area contributed by atoms with Crippen LogP contribution in [0.1, 0.15) is 63.6 Å². The molecule has 1 unspecified atom stereocenters. The molecule has 0 bridgehead atoms. The van der Waals surface area contributed by atoms with Crippen molar-refractivity contribution in [2.45, 2.75) is 72.0 Å². The molecule has 0 amide bonds. The minimum Gasteiger partial charge on any atom is -0.364 e. The summed E-state index contributed by atoms with van der Waals surface area (Å²) in [5.74, 6) is 0.631. The maximum Gasteiger partial charge on any atom is 0.0411 e. The Kier molecular flexibility index (Phi) is 4.15. The number of nitrogens with one attached hydrogen (secondary N) is 1. The molecule has 1 heterocycles. The van der Waals surface area contributed by atoms with Crippen molar-refractivity contribution in [2.24, 2.45) is 0 Å². The van der Waals surface area contributed by atoms with Gasteiger partial charge in [0.25, 0.3) is 0 Å². The first-order chi connectivity index (χ1) is 9.27. The summed E-state index contributed by atoms with van der Waals surface area (Å²) in [6, 6.07) is 5.36. The first-order valence-electron chi connectivity index (χ1n) is 7.85. The minimum atomic E-state index is 0.234. The molecular weight excluding hydrogens is 244 g/mol. The molecule has 0 radical (unpaired) electrons. The van der Waals surface area contributed by atoms with Crippen LogP contribution in [0.3, 0.4) is 0 Å². The van der Waals surface area contributed by atoms with E-state index in [9.17, 15) is 0 Å². The number of aryl methyl sites for hydroxylation is 1. The highest BCUT2D eigenvalue weighted by atomic mass is 15.2. The Hall–Kier alpha value is -1.02. The molecule has 0 fully saturated rings. The van der Waals surface area contributed by atoms with E-state index in [1.54, 1.807) is 0 Å². The van der Waals surface area contributed by atoms with Crippen LogP contribution in [0, 0.1) is 6.92 Å². The number of rotatable bonds is 3. The Bertz CT molecular complexity index is 488. The van der Waals surface area contributed by atoms with Crippen LogP contribution in [-0.2, 0) is 6.54 Å². The number of nitrogens with zero attached hydrogens (tertiary/aromatic N) is 1. The lowest BCUT2D eigenvalue weighted by atomic mass is 9.78. The van der Waals surface area contributed by atoms with Crippen LogP contribution >= 0.6 is 0 Å². The molecule has 1 atom stereocenters. The number of anilines is 1. The third-order valence-electron chi connectivity index (χ3n) is 4.62. The van der Waals surface area contributed by atoms with Crippen LogP contribution in [-0.4, -0.2) is 18.6 Å². The summed E-state index contributed by atoms with van der Waals surface area (Å²) >= 11 is 0. The lowest BCUT2D eigenvalue weighted by molar-refractivity contribution is 0.355. The van der Waals surface area contributed by atoms with E-state index in [0.29, 0.717) is 12.0 Å². The van der Waals surface area contributed by atoms with Crippen molar-refractivity contribution in [3.63, 3.8) is 0 Å². The normalized spacial score (nSPS) is 21.2. The van der Waals surface area contributed by atoms with E-state index in [0.717, 1.165) is 6.54 Å². The Morgan fingerprint density at radius 2 is 2.00 bits per heavy atom. The smallest absolute Gasteiger partial charge is 0.0411 e. The fourth-order valence-corrected chi connectivity index (χ4v) is 4.00. The van der Waals surface area contributed by atoms with Gasteiger partial charge in [0.1, 0.15) is 0 Å². The van der Waals surface area contributed by atoms with Crippen LogP contribution in [0.4, 0.5) is 5.69 Å². The second kappa shape index (κ2) is 5.40. The van der Waals surface area contributed by atoms with Crippen LogP contribution in [0.5, 0.6) is 0 Å². The Morgan fingerprint density at radius 3 is 2.55 bits per heavy atom. The third kappa shape index (κ3) is 2.58.